The van der Waals surface area contributed by atoms with Gasteiger partial charge in [-0.25, -0.2) is 23.5 Å². The van der Waals surface area contributed by atoms with E-state index in [1.807, 2.05) is 13.8 Å². The van der Waals surface area contributed by atoms with Crippen LogP contribution in [0.5, 0.6) is 0 Å². The summed E-state index contributed by atoms with van der Waals surface area (Å²) in [5.74, 6) is 0.0466. The molecule has 17 nitrogen and oxygen atoms in total. The van der Waals surface area contributed by atoms with E-state index in [4.69, 9.17) is 19.9 Å². The molecule has 380 valence electrons. The number of aromatic nitrogens is 6. The number of carboxylic acid groups (broad SMARTS) is 1. The number of nitrogens with two attached hydrogens (primary N) is 1. The van der Waals surface area contributed by atoms with Crippen LogP contribution in [0.2, 0.25) is 0 Å². The fraction of sp³-hybridized carbons (Fsp3) is 0.453. The molecule has 0 bridgehead atoms. The van der Waals surface area contributed by atoms with Gasteiger partial charge < -0.3 is 39.9 Å². The van der Waals surface area contributed by atoms with Gasteiger partial charge in [0.05, 0.1) is 17.0 Å². The van der Waals surface area contributed by atoms with Crippen LogP contribution >= 0.6 is 0 Å². The van der Waals surface area contributed by atoms with Gasteiger partial charge in [-0.05, 0) is 153 Å². The summed E-state index contributed by atoms with van der Waals surface area (Å²) in [4.78, 5) is 50.0. The molecule has 11 rings (SSSR count). The van der Waals surface area contributed by atoms with E-state index in [1.165, 1.54) is 36.4 Å². The van der Waals surface area contributed by atoms with E-state index in [0.29, 0.717) is 79.1 Å². The van der Waals surface area contributed by atoms with Gasteiger partial charge in [-0.3, -0.25) is 18.7 Å². The number of anilines is 1. The van der Waals surface area contributed by atoms with E-state index in [2.05, 4.69) is 30.1 Å². The lowest BCUT2D eigenvalue weighted by atomic mass is 9.91. The third kappa shape index (κ3) is 11.0. The molecule has 0 amide bonds. The van der Waals surface area contributed by atoms with Crippen molar-refractivity contribution in [3.8, 4) is 0 Å². The number of hydrogen-bond acceptors (Lipinski definition) is 14. The quantitative estimate of drug-likeness (QED) is 0.105. The average Bonchev–Trinajstić information content (AvgIpc) is 3.99. The predicted molar refractivity (Wildman–Crippen MR) is 265 cm³/mol. The van der Waals surface area contributed by atoms with Crippen molar-refractivity contribution in [3.63, 3.8) is 0 Å². The molecule has 2 fully saturated rings. The van der Waals surface area contributed by atoms with Gasteiger partial charge in [-0.1, -0.05) is 10.3 Å². The van der Waals surface area contributed by atoms with Crippen molar-refractivity contribution in [3.05, 3.63) is 144 Å². The molecule has 7 aromatic rings. The van der Waals surface area contributed by atoms with Gasteiger partial charge in [-0.15, -0.1) is 0 Å². The largest absolute Gasteiger partial charge is 0.478 e. The van der Waals surface area contributed by atoms with Crippen molar-refractivity contribution in [2.75, 3.05) is 45.0 Å². The van der Waals surface area contributed by atoms with E-state index in [0.717, 1.165) is 122 Å². The summed E-state index contributed by atoms with van der Waals surface area (Å²) in [5, 5.41) is 39.0. The number of nitrogens with zero attached hydrogens (tertiary/aromatic N) is 8. The standard InChI is InChI=1S/2C23H27FN4O3.C7H7NO2/c2*1-14-17(23(30)28-9-2-3-19(29)22(28)25-14)8-12-27-10-6-15(7-11-27)21-18-5-4-16(24)13-20(18)31-26-21;8-6-3-1-5(2-4-6)7(9)10/h2*4-5,13,15,19,29H,2-3,6-12H2,1H3;1-4H,8H2,(H,9,10). The van der Waals surface area contributed by atoms with Gasteiger partial charge in [0.25, 0.3) is 11.1 Å². The van der Waals surface area contributed by atoms with Crippen molar-refractivity contribution in [2.45, 2.75) is 115 Å². The molecule has 4 aliphatic rings. The zero-order valence-corrected chi connectivity index (χ0v) is 40.6. The number of piperidine rings is 2. The zero-order chi connectivity index (χ0) is 50.6. The van der Waals surface area contributed by atoms with Crippen LogP contribution in [0.25, 0.3) is 21.9 Å². The first-order valence-corrected chi connectivity index (χ1v) is 24.9. The molecule has 3 aromatic carbocycles. The van der Waals surface area contributed by atoms with Crippen LogP contribution in [0.4, 0.5) is 14.5 Å². The minimum atomic E-state index is -0.931. The summed E-state index contributed by atoms with van der Waals surface area (Å²) in [5.41, 5.74) is 12.0. The van der Waals surface area contributed by atoms with Crippen LogP contribution in [0.1, 0.15) is 131 Å². The molecular formula is C53H61F2N9O8. The predicted octanol–water partition coefficient (Wildman–Crippen LogP) is 7.13. The molecule has 2 saturated heterocycles. The highest BCUT2D eigenvalue weighted by Crippen LogP contribution is 2.35. The van der Waals surface area contributed by atoms with E-state index < -0.39 is 18.2 Å². The van der Waals surface area contributed by atoms with Gasteiger partial charge >= 0.3 is 5.97 Å². The monoisotopic (exact) mass is 989 g/mol. The van der Waals surface area contributed by atoms with E-state index in [9.17, 15) is 33.4 Å². The summed E-state index contributed by atoms with van der Waals surface area (Å²) in [6.07, 6.45) is 6.76. The highest BCUT2D eigenvalue weighted by molar-refractivity contribution is 5.88. The number of hydrogen-bond donors (Lipinski definition) is 4. The van der Waals surface area contributed by atoms with Crippen LogP contribution in [0, 0.1) is 25.5 Å². The number of nitrogen functional groups attached to an aromatic ring is 1. The second-order valence-electron chi connectivity index (χ2n) is 19.4. The number of likely N-dealkylation sites (tertiary alicyclic amines) is 2. The maximum Gasteiger partial charge on any atom is 0.335 e. The molecule has 0 saturated carbocycles. The number of halogens is 2. The van der Waals surface area contributed by atoms with Gasteiger partial charge in [-0.2, -0.15) is 0 Å². The minimum Gasteiger partial charge on any atom is -0.478 e. The Morgan fingerprint density at radius 3 is 1.46 bits per heavy atom. The van der Waals surface area contributed by atoms with Gasteiger partial charge in [0.1, 0.15) is 35.5 Å². The number of aryl methyl sites for hydroxylation is 2. The fourth-order valence-electron chi connectivity index (χ4n) is 10.6. The van der Waals surface area contributed by atoms with Crippen LogP contribution in [0.3, 0.4) is 0 Å². The highest BCUT2D eigenvalue weighted by atomic mass is 19.1. The molecule has 4 aliphatic heterocycles. The number of carbonyl (C=O) groups is 1. The third-order valence-corrected chi connectivity index (χ3v) is 14.7. The molecule has 4 aromatic heterocycles. The molecule has 0 spiro atoms. The van der Waals surface area contributed by atoms with Crippen LogP contribution in [-0.2, 0) is 25.9 Å². The Morgan fingerprint density at radius 2 is 1.06 bits per heavy atom. The SMILES string of the molecule is Cc1nc2n(c(=O)c1CCN1CCC(c3noc4cc(F)ccc34)CC1)CCCC2O.Cc1nc2n(c(=O)c1CCN1CCC(c3noc4cc(F)ccc34)CC1)CCCC2O.Nc1ccc(C(=O)O)cc1. The Morgan fingerprint density at radius 1 is 0.639 bits per heavy atom. The van der Waals surface area contributed by atoms with E-state index in [-0.39, 0.29) is 28.3 Å². The van der Waals surface area contributed by atoms with E-state index >= 15 is 0 Å². The first kappa shape index (κ1) is 50.3. The number of benzene rings is 3. The average molecular weight is 990 g/mol. The second kappa shape index (κ2) is 22.0. The maximum atomic E-state index is 13.4. The molecule has 5 N–H and O–H groups in total. The van der Waals surface area contributed by atoms with Crippen molar-refractivity contribution in [2.24, 2.45) is 0 Å². The molecular weight excluding hydrogens is 929 g/mol. The highest BCUT2D eigenvalue weighted by Gasteiger charge is 2.29. The van der Waals surface area contributed by atoms with Crippen molar-refractivity contribution in [1.29, 1.82) is 0 Å². The van der Waals surface area contributed by atoms with Crippen molar-refractivity contribution in [1.82, 2.24) is 39.2 Å². The van der Waals surface area contributed by atoms with Crippen LogP contribution in [0.15, 0.2) is 79.3 Å². The van der Waals surface area contributed by atoms with Crippen LogP contribution < -0.4 is 16.9 Å². The number of rotatable bonds is 9. The lowest BCUT2D eigenvalue weighted by molar-refractivity contribution is 0.0696. The number of fused-ring (bicyclic) bond motifs is 4. The number of aliphatic hydroxyl groups is 2. The molecule has 0 radical (unpaired) electrons. The first-order valence-electron chi connectivity index (χ1n) is 24.9. The van der Waals surface area contributed by atoms with E-state index in [1.54, 1.807) is 33.4 Å². The van der Waals surface area contributed by atoms with Gasteiger partial charge in [0.15, 0.2) is 11.2 Å². The lowest BCUT2D eigenvalue weighted by Gasteiger charge is -2.31. The van der Waals surface area contributed by atoms with Gasteiger partial charge in [0, 0.05) is 89.1 Å². The number of carboxylic acids is 1. The van der Waals surface area contributed by atoms with Gasteiger partial charge in [0.2, 0.25) is 0 Å². The molecule has 72 heavy (non-hydrogen) atoms. The Bertz CT molecular complexity index is 2990. The molecule has 0 aliphatic carbocycles. The summed E-state index contributed by atoms with van der Waals surface area (Å²) < 4.78 is 40.8. The Hall–Kier alpha value is -6.67. The molecule has 2 atom stereocenters. The fourth-order valence-corrected chi connectivity index (χ4v) is 10.6. The topological polar surface area (TPSA) is 232 Å². The second-order valence-corrected chi connectivity index (χ2v) is 19.4. The van der Waals surface area contributed by atoms with Crippen molar-refractivity contribution >= 4 is 33.6 Å². The zero-order valence-electron chi connectivity index (χ0n) is 40.6. The summed E-state index contributed by atoms with van der Waals surface area (Å²) in [6, 6.07) is 15.2. The Balaban J connectivity index is 0.000000149. The first-order chi connectivity index (χ1) is 34.7. The summed E-state index contributed by atoms with van der Waals surface area (Å²) >= 11 is 0. The number of aliphatic hydroxyl groups excluding tert-OH is 2. The summed E-state index contributed by atoms with van der Waals surface area (Å²) in [6.45, 7) is 10.3. The minimum absolute atomic E-state index is 0.00237. The summed E-state index contributed by atoms with van der Waals surface area (Å²) in [7, 11) is 0. The smallest absolute Gasteiger partial charge is 0.335 e. The molecule has 2 unspecified atom stereocenters. The molecule has 8 heterocycles. The number of aromatic carboxylic acids is 1. The third-order valence-electron chi connectivity index (χ3n) is 14.7. The normalized spacial score (nSPS) is 18.8. The lowest BCUT2D eigenvalue weighted by Crippen LogP contribution is -2.37. The Kier molecular flexibility index (Phi) is 15.4. The molecule has 19 heteroatoms. The van der Waals surface area contributed by atoms with Crippen LogP contribution in [-0.4, -0.2) is 99.8 Å². The van der Waals surface area contributed by atoms with Crippen molar-refractivity contribution < 1.29 is 37.9 Å². The Labute approximate surface area is 413 Å². The maximum absolute atomic E-state index is 13.4.